The van der Waals surface area contributed by atoms with Crippen molar-refractivity contribution in [3.63, 3.8) is 0 Å². The Morgan fingerprint density at radius 3 is 2.54 bits per heavy atom. The van der Waals surface area contributed by atoms with E-state index in [2.05, 4.69) is 50.0 Å². The Kier molecular flexibility index (Phi) is 1.87. The molecule has 1 heterocycles. The number of nitrogens with one attached hydrogen (secondary N) is 1. The molecule has 0 saturated carbocycles. The van der Waals surface area contributed by atoms with Crippen molar-refractivity contribution in [2.75, 3.05) is 0 Å². The van der Waals surface area contributed by atoms with Gasteiger partial charge in [-0.05, 0) is 24.5 Å². The first-order valence-corrected chi connectivity index (χ1v) is 4.77. The first kappa shape index (κ1) is 8.36. The summed E-state index contributed by atoms with van der Waals surface area (Å²) >= 11 is 0. The van der Waals surface area contributed by atoms with Gasteiger partial charge in [0.15, 0.2) is 0 Å². The minimum Gasteiger partial charge on any atom is -0.358 e. The summed E-state index contributed by atoms with van der Waals surface area (Å²) in [6.45, 7) is 6.63. The van der Waals surface area contributed by atoms with E-state index in [1.165, 1.54) is 22.2 Å². The van der Waals surface area contributed by atoms with Crippen LogP contribution in [0.5, 0.6) is 0 Å². The summed E-state index contributed by atoms with van der Waals surface area (Å²) in [4.78, 5) is 3.41. The molecule has 13 heavy (non-hydrogen) atoms. The van der Waals surface area contributed by atoms with Crippen molar-refractivity contribution in [2.45, 2.75) is 26.7 Å². The number of fused-ring (bicyclic) bond motifs is 1. The van der Waals surface area contributed by atoms with Crippen molar-refractivity contribution >= 4 is 10.9 Å². The predicted octanol–water partition coefficient (Wildman–Crippen LogP) is 3.60. The molecular weight excluding hydrogens is 158 g/mol. The van der Waals surface area contributed by atoms with Crippen LogP contribution in [0.25, 0.3) is 10.9 Å². The fourth-order valence-corrected chi connectivity index (χ4v) is 2.04. The second-order valence-electron chi connectivity index (χ2n) is 3.86. The highest BCUT2D eigenvalue weighted by atomic mass is 14.7. The zero-order valence-corrected chi connectivity index (χ0v) is 8.39. The van der Waals surface area contributed by atoms with Gasteiger partial charge in [0.2, 0.25) is 0 Å². The van der Waals surface area contributed by atoms with Crippen molar-refractivity contribution in [3.8, 4) is 0 Å². The Morgan fingerprint density at radius 1 is 1.15 bits per heavy atom. The van der Waals surface area contributed by atoms with Gasteiger partial charge in [0.25, 0.3) is 0 Å². The number of benzene rings is 1. The molecule has 0 aliphatic heterocycles. The second kappa shape index (κ2) is 2.91. The lowest BCUT2D eigenvalue weighted by Crippen LogP contribution is -1.87. The SMILES string of the molecule is Cc1[nH]c2ccccc2c1C(C)C. The Morgan fingerprint density at radius 2 is 1.85 bits per heavy atom. The molecule has 0 aliphatic rings. The molecule has 0 atom stereocenters. The highest BCUT2D eigenvalue weighted by Gasteiger charge is 2.09. The van der Waals surface area contributed by atoms with Crippen molar-refractivity contribution in [2.24, 2.45) is 0 Å². The molecule has 1 aromatic heterocycles. The average molecular weight is 173 g/mol. The molecule has 68 valence electrons. The van der Waals surface area contributed by atoms with Crippen LogP contribution in [0.15, 0.2) is 24.3 Å². The van der Waals surface area contributed by atoms with Crippen LogP contribution < -0.4 is 0 Å². The van der Waals surface area contributed by atoms with Crippen LogP contribution >= 0.6 is 0 Å². The third kappa shape index (κ3) is 1.24. The van der Waals surface area contributed by atoms with E-state index in [-0.39, 0.29) is 0 Å². The maximum absolute atomic E-state index is 3.41. The normalized spacial score (nSPS) is 11.4. The Bertz CT molecular complexity index is 424. The predicted molar refractivity (Wildman–Crippen MR) is 57.1 cm³/mol. The number of aromatic amines is 1. The highest BCUT2D eigenvalue weighted by molar-refractivity contribution is 5.85. The monoisotopic (exact) mass is 173 g/mol. The van der Waals surface area contributed by atoms with Gasteiger partial charge in [-0.25, -0.2) is 0 Å². The minimum absolute atomic E-state index is 0.594. The standard InChI is InChI=1S/C12H15N/c1-8(2)12-9(3)13-11-7-5-4-6-10(11)12/h4-8,13H,1-3H3. The Hall–Kier alpha value is -1.24. The van der Waals surface area contributed by atoms with Crippen molar-refractivity contribution in [1.82, 2.24) is 4.98 Å². The van der Waals surface area contributed by atoms with Gasteiger partial charge in [-0.15, -0.1) is 0 Å². The smallest absolute Gasteiger partial charge is 0.0458 e. The minimum atomic E-state index is 0.594. The van der Waals surface area contributed by atoms with E-state index < -0.39 is 0 Å². The fourth-order valence-electron chi connectivity index (χ4n) is 2.04. The number of H-pyrrole nitrogens is 1. The van der Waals surface area contributed by atoms with Crippen molar-refractivity contribution < 1.29 is 0 Å². The van der Waals surface area contributed by atoms with Gasteiger partial charge < -0.3 is 4.98 Å². The molecule has 0 bridgehead atoms. The first-order valence-electron chi connectivity index (χ1n) is 4.77. The van der Waals surface area contributed by atoms with E-state index >= 15 is 0 Å². The summed E-state index contributed by atoms with van der Waals surface area (Å²) < 4.78 is 0. The van der Waals surface area contributed by atoms with E-state index in [4.69, 9.17) is 0 Å². The molecule has 0 unspecified atom stereocenters. The molecule has 2 rings (SSSR count). The molecule has 0 radical (unpaired) electrons. The quantitative estimate of drug-likeness (QED) is 0.678. The number of aromatic nitrogens is 1. The van der Waals surface area contributed by atoms with Crippen LogP contribution in [0.2, 0.25) is 0 Å². The van der Waals surface area contributed by atoms with Crippen LogP contribution in [0, 0.1) is 6.92 Å². The lowest BCUT2D eigenvalue weighted by molar-refractivity contribution is 0.864. The van der Waals surface area contributed by atoms with Crippen LogP contribution in [0.3, 0.4) is 0 Å². The summed E-state index contributed by atoms with van der Waals surface area (Å²) in [5, 5.41) is 1.37. The van der Waals surface area contributed by atoms with Gasteiger partial charge in [-0.1, -0.05) is 32.0 Å². The summed E-state index contributed by atoms with van der Waals surface area (Å²) in [6.07, 6.45) is 0. The molecule has 1 N–H and O–H groups in total. The number of rotatable bonds is 1. The van der Waals surface area contributed by atoms with E-state index in [9.17, 15) is 0 Å². The zero-order valence-electron chi connectivity index (χ0n) is 8.39. The number of para-hydroxylation sites is 1. The molecule has 1 nitrogen and oxygen atoms in total. The largest absolute Gasteiger partial charge is 0.358 e. The van der Waals surface area contributed by atoms with E-state index in [1.807, 2.05) is 0 Å². The lowest BCUT2D eigenvalue weighted by atomic mass is 10.00. The fraction of sp³-hybridized carbons (Fsp3) is 0.333. The third-order valence-corrected chi connectivity index (χ3v) is 2.52. The van der Waals surface area contributed by atoms with Crippen molar-refractivity contribution in [1.29, 1.82) is 0 Å². The van der Waals surface area contributed by atoms with Crippen LogP contribution in [0.4, 0.5) is 0 Å². The van der Waals surface area contributed by atoms with E-state index in [0.717, 1.165) is 0 Å². The van der Waals surface area contributed by atoms with E-state index in [0.29, 0.717) is 5.92 Å². The topological polar surface area (TPSA) is 15.8 Å². The molecule has 0 amide bonds. The molecule has 0 spiro atoms. The maximum atomic E-state index is 3.41. The summed E-state index contributed by atoms with van der Waals surface area (Å²) in [5.41, 5.74) is 4.01. The van der Waals surface area contributed by atoms with Gasteiger partial charge in [0, 0.05) is 16.6 Å². The summed E-state index contributed by atoms with van der Waals surface area (Å²) in [5.74, 6) is 0.594. The maximum Gasteiger partial charge on any atom is 0.0458 e. The number of hydrogen-bond acceptors (Lipinski definition) is 0. The van der Waals surface area contributed by atoms with Crippen LogP contribution in [-0.4, -0.2) is 4.98 Å². The van der Waals surface area contributed by atoms with E-state index in [1.54, 1.807) is 0 Å². The van der Waals surface area contributed by atoms with Crippen LogP contribution in [-0.2, 0) is 0 Å². The summed E-state index contributed by atoms with van der Waals surface area (Å²) in [6, 6.07) is 8.49. The third-order valence-electron chi connectivity index (χ3n) is 2.52. The van der Waals surface area contributed by atoms with Gasteiger partial charge in [-0.3, -0.25) is 0 Å². The Labute approximate surface area is 78.8 Å². The molecule has 0 saturated heterocycles. The number of hydrogen-bond donors (Lipinski definition) is 1. The van der Waals surface area contributed by atoms with Gasteiger partial charge >= 0.3 is 0 Å². The molecule has 1 heteroatoms. The van der Waals surface area contributed by atoms with Gasteiger partial charge in [-0.2, -0.15) is 0 Å². The molecule has 2 aromatic rings. The van der Waals surface area contributed by atoms with Gasteiger partial charge in [0.05, 0.1) is 0 Å². The molecular formula is C12H15N. The van der Waals surface area contributed by atoms with Crippen molar-refractivity contribution in [3.05, 3.63) is 35.5 Å². The summed E-state index contributed by atoms with van der Waals surface area (Å²) in [7, 11) is 0. The molecule has 0 fully saturated rings. The van der Waals surface area contributed by atoms with Gasteiger partial charge in [0.1, 0.15) is 0 Å². The lowest BCUT2D eigenvalue weighted by Gasteiger charge is -2.04. The highest BCUT2D eigenvalue weighted by Crippen LogP contribution is 2.28. The Balaban J connectivity index is 2.78. The van der Waals surface area contributed by atoms with Crippen LogP contribution in [0.1, 0.15) is 31.0 Å². The zero-order chi connectivity index (χ0) is 9.42. The number of aryl methyl sites for hydroxylation is 1. The molecule has 0 aliphatic carbocycles. The second-order valence-corrected chi connectivity index (χ2v) is 3.86. The molecule has 1 aromatic carbocycles. The average Bonchev–Trinajstić information content (AvgIpc) is 2.39. The first-order chi connectivity index (χ1) is 6.20.